The second kappa shape index (κ2) is 6.72. The van der Waals surface area contributed by atoms with Crippen molar-refractivity contribution in [3.05, 3.63) is 42.2 Å². The van der Waals surface area contributed by atoms with E-state index in [0.717, 1.165) is 18.5 Å². The zero-order chi connectivity index (χ0) is 17.2. The van der Waals surface area contributed by atoms with Gasteiger partial charge in [-0.3, -0.25) is 4.79 Å². The van der Waals surface area contributed by atoms with Gasteiger partial charge in [-0.25, -0.2) is 8.42 Å². The van der Waals surface area contributed by atoms with E-state index in [1.165, 1.54) is 6.26 Å². The van der Waals surface area contributed by atoms with Gasteiger partial charge in [0.2, 0.25) is 5.91 Å². The third-order valence-electron chi connectivity index (χ3n) is 4.26. The zero-order valence-corrected chi connectivity index (χ0v) is 14.3. The Labute approximate surface area is 141 Å². The molecule has 1 fully saturated rings. The highest BCUT2D eigenvalue weighted by molar-refractivity contribution is 7.90. The minimum absolute atomic E-state index is 0.108. The van der Waals surface area contributed by atoms with Crippen molar-refractivity contribution in [3.63, 3.8) is 0 Å². The van der Waals surface area contributed by atoms with Gasteiger partial charge < -0.3 is 4.90 Å². The molecule has 0 spiro atoms. The molecule has 128 valence electrons. The van der Waals surface area contributed by atoms with Crippen LogP contribution in [-0.2, 0) is 21.1 Å². The van der Waals surface area contributed by atoms with Gasteiger partial charge in [0.25, 0.3) is 0 Å². The molecule has 1 aromatic carbocycles. The summed E-state index contributed by atoms with van der Waals surface area (Å²) < 4.78 is 22.9. The van der Waals surface area contributed by atoms with E-state index in [0.29, 0.717) is 24.3 Å². The molecule has 1 amide bonds. The Morgan fingerprint density at radius 3 is 2.50 bits per heavy atom. The molecule has 8 heteroatoms. The van der Waals surface area contributed by atoms with Crippen LogP contribution in [0.4, 0.5) is 0 Å². The molecule has 0 saturated carbocycles. The van der Waals surface area contributed by atoms with Gasteiger partial charge in [-0.05, 0) is 30.5 Å². The average Bonchev–Trinajstić information content (AvgIpc) is 3.22. The summed E-state index contributed by atoms with van der Waals surface area (Å²) >= 11 is 0. The number of hydrogen-bond donors (Lipinski definition) is 0. The van der Waals surface area contributed by atoms with E-state index < -0.39 is 9.84 Å². The summed E-state index contributed by atoms with van der Waals surface area (Å²) in [5.41, 5.74) is 0.959. The highest BCUT2D eigenvalue weighted by Gasteiger charge is 2.27. The van der Waals surface area contributed by atoms with Crippen LogP contribution >= 0.6 is 0 Å². The predicted octanol–water partition coefficient (Wildman–Crippen LogP) is 1.09. The molecule has 0 aliphatic carbocycles. The first kappa shape index (κ1) is 16.6. The van der Waals surface area contributed by atoms with Crippen LogP contribution in [0.25, 0.3) is 0 Å². The summed E-state index contributed by atoms with van der Waals surface area (Å²) in [6, 6.07) is 6.86. The molecule has 0 unspecified atom stereocenters. The Kier molecular flexibility index (Phi) is 4.66. The lowest BCUT2D eigenvalue weighted by Gasteiger charge is -2.16. The molecule has 3 rings (SSSR count). The molecule has 1 aliphatic heterocycles. The van der Waals surface area contributed by atoms with Gasteiger partial charge in [-0.15, -0.1) is 0 Å². The average molecular weight is 348 g/mol. The van der Waals surface area contributed by atoms with Crippen LogP contribution in [0.2, 0.25) is 0 Å². The van der Waals surface area contributed by atoms with Crippen molar-refractivity contribution in [2.75, 3.05) is 19.3 Å². The van der Waals surface area contributed by atoms with Gasteiger partial charge in [0, 0.05) is 25.8 Å². The third kappa shape index (κ3) is 3.81. The first-order valence-electron chi connectivity index (χ1n) is 7.86. The number of sulfone groups is 1. The van der Waals surface area contributed by atoms with Crippen LogP contribution < -0.4 is 0 Å². The van der Waals surface area contributed by atoms with Gasteiger partial charge in [0.05, 0.1) is 23.3 Å². The Morgan fingerprint density at radius 2 is 1.88 bits per heavy atom. The Morgan fingerprint density at radius 1 is 1.21 bits per heavy atom. The minimum atomic E-state index is -3.18. The number of carbonyl (C=O) groups excluding carboxylic acids is 1. The van der Waals surface area contributed by atoms with E-state index in [1.54, 1.807) is 41.5 Å². The monoisotopic (exact) mass is 348 g/mol. The fraction of sp³-hybridized carbons (Fsp3) is 0.438. The summed E-state index contributed by atoms with van der Waals surface area (Å²) in [6.07, 6.45) is 6.35. The van der Waals surface area contributed by atoms with E-state index in [2.05, 4.69) is 10.2 Å². The van der Waals surface area contributed by atoms with Crippen LogP contribution in [0.3, 0.4) is 0 Å². The second-order valence-corrected chi connectivity index (χ2v) is 8.06. The molecule has 1 aromatic heterocycles. The smallest absolute Gasteiger partial charge is 0.222 e. The molecule has 1 aliphatic rings. The highest BCUT2D eigenvalue weighted by atomic mass is 32.2. The van der Waals surface area contributed by atoms with Crippen LogP contribution in [0.5, 0.6) is 0 Å². The molecule has 1 atom stereocenters. The summed E-state index contributed by atoms with van der Waals surface area (Å²) in [5.74, 6) is 0.108. The maximum absolute atomic E-state index is 12.3. The quantitative estimate of drug-likeness (QED) is 0.807. The van der Waals surface area contributed by atoms with Gasteiger partial charge >= 0.3 is 0 Å². The Bertz CT molecular complexity index is 800. The van der Waals surface area contributed by atoms with Crippen LogP contribution in [0.1, 0.15) is 24.4 Å². The molecule has 2 heterocycles. The molecule has 7 nitrogen and oxygen atoms in total. The number of hydrogen-bond acceptors (Lipinski definition) is 5. The standard InChI is InChI=1S/C16H20N4O3S/c1-24(22,23)15-5-2-13(3-6-15)4-7-16(21)19-11-8-14(12-19)20-17-9-10-18-20/h2-3,5-6,9-10,14H,4,7-8,11-12H2,1H3/t14-/m1/s1. The zero-order valence-electron chi connectivity index (χ0n) is 13.5. The SMILES string of the molecule is CS(=O)(=O)c1ccc(CCC(=O)N2CC[C@@H](n3nccn3)C2)cc1. The van der Waals surface area contributed by atoms with Crippen LogP contribution in [0.15, 0.2) is 41.6 Å². The van der Waals surface area contributed by atoms with E-state index >= 15 is 0 Å². The van der Waals surface area contributed by atoms with Crippen molar-refractivity contribution in [1.29, 1.82) is 0 Å². The van der Waals surface area contributed by atoms with Crippen molar-refractivity contribution < 1.29 is 13.2 Å². The highest BCUT2D eigenvalue weighted by Crippen LogP contribution is 2.21. The second-order valence-electron chi connectivity index (χ2n) is 6.05. The number of aryl methyl sites for hydroxylation is 1. The number of aromatic nitrogens is 3. The molecule has 24 heavy (non-hydrogen) atoms. The third-order valence-corrected chi connectivity index (χ3v) is 5.39. The molecule has 0 radical (unpaired) electrons. The summed E-state index contributed by atoms with van der Waals surface area (Å²) in [7, 11) is -3.18. The van der Waals surface area contributed by atoms with Crippen molar-refractivity contribution in [2.24, 2.45) is 0 Å². The summed E-state index contributed by atoms with van der Waals surface area (Å²) in [4.78, 5) is 16.1. The first-order valence-corrected chi connectivity index (χ1v) is 9.75. The first-order chi connectivity index (χ1) is 11.4. The maximum atomic E-state index is 12.3. The summed E-state index contributed by atoms with van der Waals surface area (Å²) in [6.45, 7) is 1.36. The Hall–Kier alpha value is -2.22. The molecular weight excluding hydrogens is 328 g/mol. The van der Waals surface area contributed by atoms with Crippen LogP contribution in [-0.4, -0.2) is 53.6 Å². The topological polar surface area (TPSA) is 85.2 Å². The maximum Gasteiger partial charge on any atom is 0.222 e. The minimum Gasteiger partial charge on any atom is -0.340 e. The lowest BCUT2D eigenvalue weighted by molar-refractivity contribution is -0.130. The number of rotatable bonds is 5. The van der Waals surface area contributed by atoms with E-state index in [1.807, 2.05) is 4.90 Å². The van der Waals surface area contributed by atoms with E-state index in [4.69, 9.17) is 0 Å². The molecule has 0 N–H and O–H groups in total. The molecule has 1 saturated heterocycles. The number of amides is 1. The van der Waals surface area contributed by atoms with E-state index in [9.17, 15) is 13.2 Å². The van der Waals surface area contributed by atoms with Crippen LogP contribution in [0, 0.1) is 0 Å². The van der Waals surface area contributed by atoms with Gasteiger partial charge in [-0.1, -0.05) is 12.1 Å². The van der Waals surface area contributed by atoms with Crippen molar-refractivity contribution in [1.82, 2.24) is 19.9 Å². The van der Waals surface area contributed by atoms with Crippen molar-refractivity contribution in [3.8, 4) is 0 Å². The molecule has 2 aromatic rings. The fourth-order valence-electron chi connectivity index (χ4n) is 2.88. The fourth-order valence-corrected chi connectivity index (χ4v) is 3.51. The normalized spacial score (nSPS) is 18.0. The Balaban J connectivity index is 1.53. The number of nitrogens with zero attached hydrogens (tertiary/aromatic N) is 4. The predicted molar refractivity (Wildman–Crippen MR) is 88.1 cm³/mol. The molecule has 0 bridgehead atoms. The number of carbonyl (C=O) groups is 1. The van der Waals surface area contributed by atoms with Gasteiger partial charge in [0.1, 0.15) is 0 Å². The van der Waals surface area contributed by atoms with Crippen molar-refractivity contribution in [2.45, 2.75) is 30.2 Å². The summed E-state index contributed by atoms with van der Waals surface area (Å²) in [5, 5.41) is 8.26. The van der Waals surface area contributed by atoms with Gasteiger partial charge in [-0.2, -0.15) is 15.0 Å². The lowest BCUT2D eigenvalue weighted by atomic mass is 10.1. The largest absolute Gasteiger partial charge is 0.340 e. The number of benzene rings is 1. The lowest BCUT2D eigenvalue weighted by Crippen LogP contribution is -2.29. The molecular formula is C16H20N4O3S. The van der Waals surface area contributed by atoms with E-state index in [-0.39, 0.29) is 11.9 Å². The van der Waals surface area contributed by atoms with Crippen molar-refractivity contribution >= 4 is 15.7 Å². The van der Waals surface area contributed by atoms with Gasteiger partial charge in [0.15, 0.2) is 9.84 Å². The number of likely N-dealkylation sites (tertiary alicyclic amines) is 1.